The second-order valence-electron chi connectivity index (χ2n) is 5.49. The molecule has 0 aliphatic carbocycles. The van der Waals surface area contributed by atoms with E-state index in [1.807, 2.05) is 0 Å². The van der Waals surface area contributed by atoms with Crippen molar-refractivity contribution in [2.45, 2.75) is 31.9 Å². The number of carbonyl (C=O) groups excluding carboxylic acids is 2. The van der Waals surface area contributed by atoms with Crippen LogP contribution in [0.3, 0.4) is 0 Å². The molecule has 0 spiro atoms. The number of rotatable bonds is 4. The molecule has 0 aromatic heterocycles. The number of likely N-dealkylation sites (tertiary alicyclic amines) is 1. The van der Waals surface area contributed by atoms with Gasteiger partial charge in [0.15, 0.2) is 6.10 Å². The van der Waals surface area contributed by atoms with Gasteiger partial charge in [-0.15, -0.1) is 0 Å². The average Bonchev–Trinajstić information content (AvgIpc) is 2.56. The van der Waals surface area contributed by atoms with Crippen molar-refractivity contribution in [2.24, 2.45) is 0 Å². The number of aromatic hydroxyl groups is 1. The monoisotopic (exact) mass is 322 g/mol. The minimum Gasteiger partial charge on any atom is -0.508 e. The van der Waals surface area contributed by atoms with Crippen molar-refractivity contribution >= 4 is 12.0 Å². The van der Waals surface area contributed by atoms with Crippen LogP contribution < -0.4 is 10.1 Å². The molecule has 1 aliphatic rings. The van der Waals surface area contributed by atoms with Gasteiger partial charge in [-0.1, -0.05) is 0 Å². The molecule has 0 bridgehead atoms. The van der Waals surface area contributed by atoms with Gasteiger partial charge in [0.2, 0.25) is 0 Å². The van der Waals surface area contributed by atoms with Gasteiger partial charge < -0.3 is 24.8 Å². The minimum absolute atomic E-state index is 0.0225. The van der Waals surface area contributed by atoms with E-state index in [4.69, 9.17) is 4.74 Å². The zero-order valence-corrected chi connectivity index (χ0v) is 13.3. The van der Waals surface area contributed by atoms with Crippen molar-refractivity contribution in [3.8, 4) is 11.5 Å². The number of amides is 2. The quantitative estimate of drug-likeness (QED) is 0.877. The summed E-state index contributed by atoms with van der Waals surface area (Å²) < 4.78 is 10.2. The first-order valence-corrected chi connectivity index (χ1v) is 7.58. The van der Waals surface area contributed by atoms with Crippen LogP contribution >= 0.6 is 0 Å². The van der Waals surface area contributed by atoms with Gasteiger partial charge in [-0.05, 0) is 44.0 Å². The van der Waals surface area contributed by atoms with E-state index in [1.54, 1.807) is 24.0 Å². The normalized spacial score (nSPS) is 16.5. The molecule has 7 heteroatoms. The second-order valence-corrected chi connectivity index (χ2v) is 5.49. The summed E-state index contributed by atoms with van der Waals surface area (Å²) in [7, 11) is 1.36. The maximum Gasteiger partial charge on any atom is 0.409 e. The summed E-state index contributed by atoms with van der Waals surface area (Å²) in [5.41, 5.74) is 0. The van der Waals surface area contributed by atoms with Crippen molar-refractivity contribution in [2.75, 3.05) is 20.2 Å². The van der Waals surface area contributed by atoms with Crippen LogP contribution in [-0.4, -0.2) is 54.4 Å². The van der Waals surface area contributed by atoms with Crippen LogP contribution in [0.15, 0.2) is 24.3 Å². The lowest BCUT2D eigenvalue weighted by atomic mass is 10.1. The number of nitrogens with zero attached hydrogens (tertiary/aromatic N) is 1. The highest BCUT2D eigenvalue weighted by molar-refractivity contribution is 5.81. The maximum atomic E-state index is 12.2. The van der Waals surface area contributed by atoms with Crippen molar-refractivity contribution < 1.29 is 24.2 Å². The summed E-state index contributed by atoms with van der Waals surface area (Å²) in [5.74, 6) is 0.465. The number of phenols is 1. The van der Waals surface area contributed by atoms with Gasteiger partial charge >= 0.3 is 6.09 Å². The van der Waals surface area contributed by atoms with E-state index in [1.165, 1.54) is 19.2 Å². The lowest BCUT2D eigenvalue weighted by Gasteiger charge is -2.31. The summed E-state index contributed by atoms with van der Waals surface area (Å²) in [6.07, 6.45) is 0.400. The van der Waals surface area contributed by atoms with Gasteiger partial charge in [0.05, 0.1) is 7.11 Å². The fourth-order valence-electron chi connectivity index (χ4n) is 2.44. The highest BCUT2D eigenvalue weighted by Crippen LogP contribution is 2.17. The van der Waals surface area contributed by atoms with E-state index in [-0.39, 0.29) is 23.8 Å². The van der Waals surface area contributed by atoms with Crippen LogP contribution in [-0.2, 0) is 9.53 Å². The van der Waals surface area contributed by atoms with Crippen LogP contribution in [0, 0.1) is 0 Å². The molecule has 126 valence electrons. The lowest BCUT2D eigenvalue weighted by Crippen LogP contribution is -2.49. The molecule has 1 unspecified atom stereocenters. The van der Waals surface area contributed by atoms with E-state index >= 15 is 0 Å². The zero-order valence-electron chi connectivity index (χ0n) is 13.3. The molecule has 1 aliphatic heterocycles. The maximum absolute atomic E-state index is 12.2. The number of hydrogen-bond donors (Lipinski definition) is 2. The smallest absolute Gasteiger partial charge is 0.409 e. The summed E-state index contributed by atoms with van der Waals surface area (Å²) in [4.78, 5) is 25.2. The third kappa shape index (κ3) is 4.77. The zero-order chi connectivity index (χ0) is 16.8. The predicted octanol–water partition coefficient (Wildman–Crippen LogP) is 1.51. The molecular weight excluding hydrogens is 300 g/mol. The van der Waals surface area contributed by atoms with Crippen molar-refractivity contribution in [1.29, 1.82) is 0 Å². The Bertz CT molecular complexity index is 538. The summed E-state index contributed by atoms with van der Waals surface area (Å²) in [6, 6.07) is 6.24. The summed E-state index contributed by atoms with van der Waals surface area (Å²) in [6.45, 7) is 2.79. The van der Waals surface area contributed by atoms with Gasteiger partial charge in [0.25, 0.3) is 5.91 Å². The molecule has 7 nitrogen and oxygen atoms in total. The molecule has 1 aromatic carbocycles. The number of phenolic OH excluding ortho intramolecular Hbond substituents is 1. The molecule has 1 saturated heterocycles. The number of methoxy groups -OCH3 is 1. The topological polar surface area (TPSA) is 88.1 Å². The van der Waals surface area contributed by atoms with Crippen LogP contribution in [0.5, 0.6) is 11.5 Å². The Morgan fingerprint density at radius 1 is 1.26 bits per heavy atom. The lowest BCUT2D eigenvalue weighted by molar-refractivity contribution is -0.128. The molecule has 0 radical (unpaired) electrons. The third-order valence-electron chi connectivity index (χ3n) is 3.79. The van der Waals surface area contributed by atoms with Crippen molar-refractivity contribution in [1.82, 2.24) is 10.2 Å². The average molecular weight is 322 g/mol. The highest BCUT2D eigenvalue weighted by atomic mass is 16.5. The first-order chi connectivity index (χ1) is 11.0. The molecule has 23 heavy (non-hydrogen) atoms. The Morgan fingerprint density at radius 2 is 1.87 bits per heavy atom. The van der Waals surface area contributed by atoms with Gasteiger partial charge in [0.1, 0.15) is 11.5 Å². The van der Waals surface area contributed by atoms with E-state index in [9.17, 15) is 14.7 Å². The molecular formula is C16H22N2O5. The minimum atomic E-state index is -0.641. The number of ether oxygens (including phenoxy) is 2. The first kappa shape index (κ1) is 16.9. The molecule has 2 rings (SSSR count). The molecule has 1 heterocycles. The molecule has 0 saturated carbocycles. The number of benzene rings is 1. The number of carbonyl (C=O) groups is 2. The third-order valence-corrected chi connectivity index (χ3v) is 3.79. The van der Waals surface area contributed by atoms with E-state index < -0.39 is 6.10 Å². The highest BCUT2D eigenvalue weighted by Gasteiger charge is 2.26. The number of piperidine rings is 1. The molecule has 1 fully saturated rings. The largest absolute Gasteiger partial charge is 0.508 e. The van der Waals surface area contributed by atoms with E-state index in [0.29, 0.717) is 31.7 Å². The van der Waals surface area contributed by atoms with Gasteiger partial charge in [0, 0.05) is 19.1 Å². The predicted molar refractivity (Wildman–Crippen MR) is 83.3 cm³/mol. The Hall–Kier alpha value is -2.44. The van der Waals surface area contributed by atoms with Gasteiger partial charge in [-0.3, -0.25) is 4.79 Å². The van der Waals surface area contributed by atoms with Crippen molar-refractivity contribution in [3.05, 3.63) is 24.3 Å². The molecule has 2 amide bonds. The van der Waals surface area contributed by atoms with Gasteiger partial charge in [-0.2, -0.15) is 0 Å². The molecule has 1 aromatic rings. The fourth-order valence-corrected chi connectivity index (χ4v) is 2.44. The van der Waals surface area contributed by atoms with E-state index in [0.717, 1.165) is 0 Å². The van der Waals surface area contributed by atoms with Gasteiger partial charge in [-0.25, -0.2) is 4.79 Å². The Kier molecular flexibility index (Phi) is 5.67. The number of nitrogens with one attached hydrogen (secondary N) is 1. The second kappa shape index (κ2) is 7.71. The molecule has 1 atom stereocenters. The fraction of sp³-hybridized carbons (Fsp3) is 0.500. The Labute approximate surface area is 135 Å². The molecule has 2 N–H and O–H groups in total. The standard InChI is InChI=1S/C16H22N2O5/c1-11(23-14-5-3-13(19)4-6-14)15(20)17-12-7-9-18(10-8-12)16(21)22-2/h3-6,11-12,19H,7-10H2,1-2H3,(H,17,20). The Balaban J connectivity index is 1.78. The summed E-state index contributed by atoms with van der Waals surface area (Å²) in [5, 5.41) is 12.2. The van der Waals surface area contributed by atoms with Crippen LogP contribution in [0.2, 0.25) is 0 Å². The van der Waals surface area contributed by atoms with Crippen LogP contribution in [0.4, 0.5) is 4.79 Å². The number of hydrogen-bond acceptors (Lipinski definition) is 5. The van der Waals surface area contributed by atoms with E-state index in [2.05, 4.69) is 10.1 Å². The van der Waals surface area contributed by atoms with Crippen LogP contribution in [0.25, 0.3) is 0 Å². The van der Waals surface area contributed by atoms with Crippen molar-refractivity contribution in [3.63, 3.8) is 0 Å². The summed E-state index contributed by atoms with van der Waals surface area (Å²) >= 11 is 0. The Morgan fingerprint density at radius 3 is 2.43 bits per heavy atom. The first-order valence-electron chi connectivity index (χ1n) is 7.58. The van der Waals surface area contributed by atoms with Crippen LogP contribution in [0.1, 0.15) is 19.8 Å². The SMILES string of the molecule is COC(=O)N1CCC(NC(=O)C(C)Oc2ccc(O)cc2)CC1.